The van der Waals surface area contributed by atoms with Gasteiger partial charge in [0, 0.05) is 19.6 Å². The van der Waals surface area contributed by atoms with Crippen LogP contribution in [0.3, 0.4) is 0 Å². The number of esters is 1. The lowest BCUT2D eigenvalue weighted by atomic mass is 10.1. The Morgan fingerprint density at radius 3 is 2.24 bits per heavy atom. The number of nitrogens with zero attached hydrogens (tertiary/aromatic N) is 3. The van der Waals surface area contributed by atoms with E-state index in [2.05, 4.69) is 5.32 Å². The second kappa shape index (κ2) is 9.66. The first kappa shape index (κ1) is 23.5. The van der Waals surface area contributed by atoms with Gasteiger partial charge in [-0.25, -0.2) is 4.79 Å². The van der Waals surface area contributed by atoms with Gasteiger partial charge >= 0.3 is 5.97 Å². The zero-order valence-corrected chi connectivity index (χ0v) is 19.2. The van der Waals surface area contributed by atoms with E-state index in [-0.39, 0.29) is 37.3 Å². The lowest BCUT2D eigenvalue weighted by Gasteiger charge is -2.38. The Morgan fingerprint density at radius 1 is 0.818 bits per heavy atom. The van der Waals surface area contributed by atoms with Gasteiger partial charge in [0.05, 0.1) is 19.6 Å². The average molecular weight is 465 g/mol. The average Bonchev–Trinajstić information content (AvgIpc) is 3.47. The van der Waals surface area contributed by atoms with Crippen molar-refractivity contribution in [2.24, 2.45) is 0 Å². The zero-order chi connectivity index (χ0) is 23.7. The Balaban J connectivity index is 1.63. The zero-order valence-electron chi connectivity index (χ0n) is 19.2. The molecule has 5 atom stereocenters. The number of carbonyl (C=O) groups excluding carboxylic acids is 5. The van der Waals surface area contributed by atoms with E-state index >= 15 is 0 Å². The Hall–Kier alpha value is -2.69. The number of rotatable bonds is 0. The molecular formula is C22H32N4O7. The van der Waals surface area contributed by atoms with Crippen LogP contribution >= 0.6 is 0 Å². The first-order chi connectivity index (χ1) is 15.8. The molecule has 0 aromatic heterocycles. The number of cyclic esters (lactones) is 1. The van der Waals surface area contributed by atoms with Crippen molar-refractivity contribution in [3.63, 3.8) is 0 Å². The largest absolute Gasteiger partial charge is 0.461 e. The van der Waals surface area contributed by atoms with E-state index in [0.29, 0.717) is 45.4 Å². The molecule has 0 spiro atoms. The number of carbonyl (C=O) groups is 5. The lowest BCUT2D eigenvalue weighted by molar-refractivity contribution is -0.161. The molecule has 4 amide bonds. The van der Waals surface area contributed by atoms with Gasteiger partial charge in [-0.2, -0.15) is 0 Å². The fourth-order valence-electron chi connectivity index (χ4n) is 5.18. The third kappa shape index (κ3) is 4.68. The molecule has 4 fully saturated rings. The quantitative estimate of drug-likeness (QED) is 0.458. The summed E-state index contributed by atoms with van der Waals surface area (Å²) in [6, 6.07) is -3.16. The molecule has 0 aromatic carbocycles. The number of nitrogens with one attached hydrogen (secondary N) is 1. The first-order valence-electron chi connectivity index (χ1n) is 11.8. The van der Waals surface area contributed by atoms with E-state index in [9.17, 15) is 24.0 Å². The minimum absolute atomic E-state index is 0.0227. The van der Waals surface area contributed by atoms with E-state index in [4.69, 9.17) is 9.47 Å². The third-order valence-electron chi connectivity index (χ3n) is 6.89. The lowest BCUT2D eigenvalue weighted by Crippen LogP contribution is -2.62. The summed E-state index contributed by atoms with van der Waals surface area (Å²) in [5, 5.41) is 2.70. The smallest absolute Gasteiger partial charge is 0.329 e. The molecule has 182 valence electrons. The number of morpholine rings is 1. The van der Waals surface area contributed by atoms with Gasteiger partial charge in [0.1, 0.15) is 30.3 Å². The van der Waals surface area contributed by atoms with Crippen LogP contribution in [0.2, 0.25) is 0 Å². The van der Waals surface area contributed by atoms with Gasteiger partial charge in [0.15, 0.2) is 0 Å². The second-order valence-corrected chi connectivity index (χ2v) is 9.24. The van der Waals surface area contributed by atoms with Gasteiger partial charge in [0.25, 0.3) is 0 Å². The number of amides is 4. The van der Waals surface area contributed by atoms with Gasteiger partial charge in [-0.05, 0) is 39.5 Å². The molecule has 5 unspecified atom stereocenters. The van der Waals surface area contributed by atoms with Gasteiger partial charge in [-0.1, -0.05) is 0 Å². The Labute approximate surface area is 192 Å². The molecule has 11 heteroatoms. The molecule has 0 bridgehead atoms. The molecule has 33 heavy (non-hydrogen) atoms. The molecule has 4 heterocycles. The maximum absolute atomic E-state index is 13.4. The van der Waals surface area contributed by atoms with Gasteiger partial charge in [-0.3, -0.25) is 19.2 Å². The Morgan fingerprint density at radius 2 is 1.48 bits per heavy atom. The molecule has 4 saturated heterocycles. The van der Waals surface area contributed by atoms with Crippen molar-refractivity contribution in [2.45, 2.75) is 76.2 Å². The molecule has 0 radical (unpaired) electrons. The fourth-order valence-corrected chi connectivity index (χ4v) is 5.18. The van der Waals surface area contributed by atoms with Gasteiger partial charge in [-0.15, -0.1) is 0 Å². The standard InChI is InChI=1S/C22H32N4O7/c1-13-11-18(27)24-7-3-5-15(24)21(30)26-9-10-32-12-17(26)19(28)23-14(2)20(29)25-8-4-6-16(25)22(31)33-13/h13-17H,3-12H2,1-2H3,(H,23,28). The van der Waals surface area contributed by atoms with E-state index in [1.165, 1.54) is 14.7 Å². The first-order valence-corrected chi connectivity index (χ1v) is 11.8. The predicted molar refractivity (Wildman–Crippen MR) is 114 cm³/mol. The highest BCUT2D eigenvalue weighted by Gasteiger charge is 2.43. The molecule has 4 aliphatic rings. The minimum Gasteiger partial charge on any atom is -0.461 e. The van der Waals surface area contributed by atoms with Crippen molar-refractivity contribution in [2.75, 3.05) is 32.8 Å². The molecule has 1 N–H and O–H groups in total. The predicted octanol–water partition coefficient (Wildman–Crippen LogP) is -0.964. The molecule has 0 saturated carbocycles. The summed E-state index contributed by atoms with van der Waals surface area (Å²) in [5.41, 5.74) is 0. The van der Waals surface area contributed by atoms with Crippen LogP contribution in [-0.4, -0.2) is 107 Å². The Kier molecular flexibility index (Phi) is 6.87. The minimum atomic E-state index is -0.884. The van der Waals surface area contributed by atoms with Crippen molar-refractivity contribution in [3.8, 4) is 0 Å². The molecular weight excluding hydrogens is 432 g/mol. The summed E-state index contributed by atoms with van der Waals surface area (Å²) in [6.45, 7) is 4.60. The Bertz CT molecular complexity index is 834. The van der Waals surface area contributed by atoms with Crippen molar-refractivity contribution < 1.29 is 33.4 Å². The van der Waals surface area contributed by atoms with Gasteiger partial charge < -0.3 is 29.5 Å². The SMILES string of the molecule is CC1CC(=O)N2CCCC2C(=O)N2CCOCC2C(=O)NC(C)C(=O)N2CCCC2C(=O)O1. The van der Waals surface area contributed by atoms with Crippen molar-refractivity contribution in [1.29, 1.82) is 0 Å². The molecule has 4 rings (SSSR count). The summed E-state index contributed by atoms with van der Waals surface area (Å²) in [7, 11) is 0. The number of ether oxygens (including phenoxy) is 2. The number of fused-ring (bicyclic) bond motifs is 3. The van der Waals surface area contributed by atoms with Crippen molar-refractivity contribution in [1.82, 2.24) is 20.0 Å². The van der Waals surface area contributed by atoms with Crippen molar-refractivity contribution in [3.05, 3.63) is 0 Å². The van der Waals surface area contributed by atoms with E-state index < -0.39 is 42.1 Å². The fraction of sp³-hybridized carbons (Fsp3) is 0.773. The monoisotopic (exact) mass is 464 g/mol. The second-order valence-electron chi connectivity index (χ2n) is 9.24. The summed E-state index contributed by atoms with van der Waals surface area (Å²) in [5.74, 6) is -1.97. The topological polar surface area (TPSA) is 126 Å². The molecule has 11 nitrogen and oxygen atoms in total. The van der Waals surface area contributed by atoms with E-state index in [1.807, 2.05) is 0 Å². The highest BCUT2D eigenvalue weighted by molar-refractivity contribution is 5.95. The summed E-state index contributed by atoms with van der Waals surface area (Å²) < 4.78 is 11.0. The third-order valence-corrected chi connectivity index (χ3v) is 6.89. The van der Waals surface area contributed by atoms with E-state index in [0.717, 1.165) is 0 Å². The van der Waals surface area contributed by atoms with Crippen LogP contribution in [0.1, 0.15) is 46.0 Å². The van der Waals surface area contributed by atoms with Crippen LogP contribution in [0.25, 0.3) is 0 Å². The maximum atomic E-state index is 13.4. The summed E-state index contributed by atoms with van der Waals surface area (Å²) in [6.07, 6.45) is 1.59. The van der Waals surface area contributed by atoms with Crippen LogP contribution < -0.4 is 5.32 Å². The maximum Gasteiger partial charge on any atom is 0.329 e. The molecule has 0 aliphatic carbocycles. The number of hydrogen-bond donors (Lipinski definition) is 1. The van der Waals surface area contributed by atoms with Crippen LogP contribution in [0.15, 0.2) is 0 Å². The van der Waals surface area contributed by atoms with E-state index in [1.54, 1.807) is 13.8 Å². The normalized spacial score (nSPS) is 34.5. The van der Waals surface area contributed by atoms with Crippen molar-refractivity contribution >= 4 is 29.6 Å². The van der Waals surface area contributed by atoms with Crippen LogP contribution in [0.5, 0.6) is 0 Å². The van der Waals surface area contributed by atoms with Crippen LogP contribution in [0.4, 0.5) is 0 Å². The summed E-state index contributed by atoms with van der Waals surface area (Å²) >= 11 is 0. The highest BCUT2D eigenvalue weighted by Crippen LogP contribution is 2.25. The van der Waals surface area contributed by atoms with Gasteiger partial charge in [0.2, 0.25) is 23.6 Å². The number of hydrogen-bond acceptors (Lipinski definition) is 7. The molecule has 0 aromatic rings. The highest BCUT2D eigenvalue weighted by atomic mass is 16.5. The van der Waals surface area contributed by atoms with Crippen LogP contribution in [-0.2, 0) is 33.4 Å². The van der Waals surface area contributed by atoms with Crippen LogP contribution in [0, 0.1) is 0 Å². The molecule has 4 aliphatic heterocycles. The summed E-state index contributed by atoms with van der Waals surface area (Å²) in [4.78, 5) is 69.8.